The van der Waals surface area contributed by atoms with Gasteiger partial charge < -0.3 is 25.6 Å². The lowest BCUT2D eigenvalue weighted by molar-refractivity contribution is -0.274. The summed E-state index contributed by atoms with van der Waals surface area (Å²) < 4.78 is 40.3. The molecule has 0 spiro atoms. The van der Waals surface area contributed by atoms with E-state index in [4.69, 9.17) is 5.11 Å². The zero-order chi connectivity index (χ0) is 17.0. The van der Waals surface area contributed by atoms with Gasteiger partial charge in [0.05, 0.1) is 12.2 Å². The average molecular weight is 322 g/mol. The summed E-state index contributed by atoms with van der Waals surface area (Å²) >= 11 is 0. The number of benzene rings is 1. The fourth-order valence-electron chi connectivity index (χ4n) is 1.28. The van der Waals surface area contributed by atoms with E-state index in [2.05, 4.69) is 10.1 Å². The molecular formula is C12H13F3N2O5. The molecule has 0 saturated heterocycles. The molecule has 0 radical (unpaired) electrons. The second-order valence-corrected chi connectivity index (χ2v) is 4.43. The number of rotatable bonds is 5. The van der Waals surface area contributed by atoms with Crippen LogP contribution in [0.3, 0.4) is 0 Å². The first kappa shape index (κ1) is 17.6. The number of hydrogen-bond donors (Lipinski definition) is 4. The summed E-state index contributed by atoms with van der Waals surface area (Å²) in [5.74, 6) is -2.19. The Bertz CT molecular complexity index is 560. The van der Waals surface area contributed by atoms with Gasteiger partial charge in [0.2, 0.25) is 0 Å². The number of aliphatic carboxylic acids is 1. The number of nitrogens with one attached hydrogen (secondary N) is 2. The molecule has 1 aromatic carbocycles. The maximum Gasteiger partial charge on any atom is 0.573 e. The molecule has 22 heavy (non-hydrogen) atoms. The predicted molar refractivity (Wildman–Crippen MR) is 68.4 cm³/mol. The number of urea groups is 1. The number of amides is 2. The number of carboxylic acids is 1. The van der Waals surface area contributed by atoms with Gasteiger partial charge in [0.15, 0.2) is 11.4 Å². The molecule has 0 bridgehead atoms. The van der Waals surface area contributed by atoms with Crippen molar-refractivity contribution in [2.24, 2.45) is 0 Å². The molecule has 2 amide bonds. The first-order valence-corrected chi connectivity index (χ1v) is 5.87. The van der Waals surface area contributed by atoms with E-state index in [1.807, 2.05) is 5.32 Å². The van der Waals surface area contributed by atoms with Crippen LogP contribution in [-0.4, -0.2) is 40.7 Å². The molecule has 0 heterocycles. The number of halogens is 3. The minimum atomic E-state index is -4.93. The largest absolute Gasteiger partial charge is 0.573 e. The number of alkyl halides is 3. The Hall–Kier alpha value is -2.49. The molecule has 122 valence electrons. The summed E-state index contributed by atoms with van der Waals surface area (Å²) in [5.41, 5.74) is -2.48. The molecule has 0 aliphatic carbocycles. The molecule has 7 nitrogen and oxygen atoms in total. The third-order valence-corrected chi connectivity index (χ3v) is 2.41. The maximum atomic E-state index is 12.2. The van der Waals surface area contributed by atoms with E-state index < -0.39 is 36.3 Å². The number of carbonyl (C=O) groups is 2. The van der Waals surface area contributed by atoms with Crippen molar-refractivity contribution in [3.8, 4) is 5.75 Å². The number of hydrogen-bond acceptors (Lipinski definition) is 4. The van der Waals surface area contributed by atoms with E-state index in [0.717, 1.165) is 19.1 Å². The van der Waals surface area contributed by atoms with E-state index in [1.165, 1.54) is 12.1 Å². The minimum Gasteiger partial charge on any atom is -0.479 e. The van der Waals surface area contributed by atoms with Gasteiger partial charge in [0, 0.05) is 0 Å². The lowest BCUT2D eigenvalue weighted by Crippen LogP contribution is -2.47. The summed E-state index contributed by atoms with van der Waals surface area (Å²) in [4.78, 5) is 22.2. The third-order valence-electron chi connectivity index (χ3n) is 2.41. The lowest BCUT2D eigenvalue weighted by atomic mass is 10.1. The van der Waals surface area contributed by atoms with Gasteiger partial charge in [0.1, 0.15) is 0 Å². The number of carboxylic acid groups (broad SMARTS) is 1. The zero-order valence-electron chi connectivity index (χ0n) is 11.3. The summed E-state index contributed by atoms with van der Waals surface area (Å²) in [6, 6.07) is 3.80. The van der Waals surface area contributed by atoms with Crippen LogP contribution in [0, 0.1) is 0 Å². The van der Waals surface area contributed by atoms with Gasteiger partial charge in [-0.1, -0.05) is 12.1 Å². The Labute approximate surface area is 122 Å². The average Bonchev–Trinajstić information content (AvgIpc) is 2.37. The Balaban J connectivity index is 2.71. The standard InChI is InChI=1S/C12H13F3N2O5/c1-11(21,9(18)19)6-16-10(20)17-7-4-2-3-5-8(7)22-12(13,14)15/h2-5,21H,6H2,1H3,(H,18,19)(H2,16,17,20). The van der Waals surface area contributed by atoms with Crippen LogP contribution in [0.2, 0.25) is 0 Å². The minimum absolute atomic E-state index is 0.271. The highest BCUT2D eigenvalue weighted by Crippen LogP contribution is 2.29. The van der Waals surface area contributed by atoms with Crippen molar-refractivity contribution in [1.29, 1.82) is 0 Å². The van der Waals surface area contributed by atoms with Crippen molar-refractivity contribution < 1.29 is 37.7 Å². The normalized spacial score (nSPS) is 13.9. The van der Waals surface area contributed by atoms with E-state index in [-0.39, 0.29) is 5.69 Å². The molecule has 1 unspecified atom stereocenters. The maximum absolute atomic E-state index is 12.2. The van der Waals surface area contributed by atoms with Gasteiger partial charge in [-0.15, -0.1) is 13.2 Å². The summed E-state index contributed by atoms with van der Waals surface area (Å²) in [6.45, 7) is 0.312. The molecule has 0 aromatic heterocycles. The number of carbonyl (C=O) groups excluding carboxylic acids is 1. The lowest BCUT2D eigenvalue weighted by Gasteiger charge is -2.19. The Morgan fingerprint density at radius 2 is 1.86 bits per heavy atom. The first-order chi connectivity index (χ1) is 10.0. The van der Waals surface area contributed by atoms with Crippen LogP contribution >= 0.6 is 0 Å². The van der Waals surface area contributed by atoms with Crippen LogP contribution in [0.5, 0.6) is 5.75 Å². The summed E-state index contributed by atoms with van der Waals surface area (Å²) in [7, 11) is 0. The fraction of sp³-hybridized carbons (Fsp3) is 0.333. The quantitative estimate of drug-likeness (QED) is 0.658. The molecule has 0 aliphatic heterocycles. The van der Waals surface area contributed by atoms with Crippen molar-refractivity contribution in [1.82, 2.24) is 5.32 Å². The van der Waals surface area contributed by atoms with Crippen molar-refractivity contribution in [2.75, 3.05) is 11.9 Å². The molecule has 4 N–H and O–H groups in total. The van der Waals surface area contributed by atoms with Crippen LogP contribution in [-0.2, 0) is 4.79 Å². The molecule has 1 atom stereocenters. The van der Waals surface area contributed by atoms with Crippen LogP contribution in [0.15, 0.2) is 24.3 Å². The van der Waals surface area contributed by atoms with Crippen LogP contribution < -0.4 is 15.4 Å². The highest BCUT2D eigenvalue weighted by Gasteiger charge is 2.33. The summed E-state index contributed by atoms with van der Waals surface area (Å²) in [5, 5.41) is 22.1. The molecule has 1 aromatic rings. The van der Waals surface area contributed by atoms with Gasteiger partial charge in [-0.2, -0.15) is 0 Å². The van der Waals surface area contributed by atoms with Crippen LogP contribution in [0.1, 0.15) is 6.92 Å². The van der Waals surface area contributed by atoms with Gasteiger partial charge in [0.25, 0.3) is 0 Å². The van der Waals surface area contributed by atoms with Crippen molar-refractivity contribution >= 4 is 17.7 Å². The topological polar surface area (TPSA) is 108 Å². The fourth-order valence-corrected chi connectivity index (χ4v) is 1.28. The molecule has 0 saturated carbocycles. The van der Waals surface area contributed by atoms with Gasteiger partial charge in [-0.25, -0.2) is 9.59 Å². The van der Waals surface area contributed by atoms with Crippen molar-refractivity contribution in [2.45, 2.75) is 18.9 Å². The van der Waals surface area contributed by atoms with Crippen molar-refractivity contribution in [3.05, 3.63) is 24.3 Å². The summed E-state index contributed by atoms with van der Waals surface area (Å²) in [6.07, 6.45) is -4.93. The van der Waals surface area contributed by atoms with Gasteiger partial charge in [-0.05, 0) is 19.1 Å². The van der Waals surface area contributed by atoms with Crippen molar-refractivity contribution in [3.63, 3.8) is 0 Å². The van der Waals surface area contributed by atoms with E-state index in [9.17, 15) is 27.9 Å². The van der Waals surface area contributed by atoms with E-state index in [0.29, 0.717) is 0 Å². The smallest absolute Gasteiger partial charge is 0.479 e. The van der Waals surface area contributed by atoms with E-state index >= 15 is 0 Å². The first-order valence-electron chi connectivity index (χ1n) is 5.87. The zero-order valence-corrected chi connectivity index (χ0v) is 11.3. The second kappa shape index (κ2) is 6.52. The molecule has 10 heteroatoms. The monoisotopic (exact) mass is 322 g/mol. The third kappa shape index (κ3) is 5.48. The molecule has 0 fully saturated rings. The molecule has 1 rings (SSSR count). The number of aliphatic hydroxyl groups is 1. The SMILES string of the molecule is CC(O)(CNC(=O)Nc1ccccc1OC(F)(F)F)C(=O)O. The molecule has 0 aliphatic rings. The molecular weight excluding hydrogens is 309 g/mol. The Kier molecular flexibility index (Phi) is 5.20. The highest BCUT2D eigenvalue weighted by atomic mass is 19.4. The predicted octanol–water partition coefficient (Wildman–Crippen LogP) is 1.54. The number of anilines is 1. The second-order valence-electron chi connectivity index (χ2n) is 4.43. The van der Waals surface area contributed by atoms with Gasteiger partial charge >= 0.3 is 18.4 Å². The van der Waals surface area contributed by atoms with E-state index in [1.54, 1.807) is 0 Å². The Morgan fingerprint density at radius 3 is 2.41 bits per heavy atom. The van der Waals surface area contributed by atoms with Gasteiger partial charge in [-0.3, -0.25) is 0 Å². The number of ether oxygens (including phenoxy) is 1. The van der Waals surface area contributed by atoms with Crippen LogP contribution in [0.25, 0.3) is 0 Å². The number of para-hydroxylation sites is 2. The van der Waals surface area contributed by atoms with Crippen LogP contribution in [0.4, 0.5) is 23.7 Å². The Morgan fingerprint density at radius 1 is 1.27 bits per heavy atom. The highest BCUT2D eigenvalue weighted by molar-refractivity contribution is 5.91.